The highest BCUT2D eigenvalue weighted by atomic mass is 16.5. The monoisotopic (exact) mass is 476 g/mol. The smallest absolute Gasteiger partial charge is 0.310 e. The standard InChI is InChI=1S/C30H52O4/c1-2-3-4-5-6-7-8-9-10-11-12-13-14-15-16-17-18-19-20-21-24-34-30(33)26-27-22-23-28(31)29(32)25-27/h22-23,25,31-32H,2-21,24,26H2,1H3. The minimum absolute atomic E-state index is 0.118. The molecule has 0 aliphatic rings. The molecule has 0 fully saturated rings. The van der Waals surface area contributed by atoms with Crippen molar-refractivity contribution in [2.24, 2.45) is 0 Å². The van der Waals surface area contributed by atoms with E-state index in [0.717, 1.165) is 12.8 Å². The van der Waals surface area contributed by atoms with Gasteiger partial charge in [0.25, 0.3) is 0 Å². The van der Waals surface area contributed by atoms with E-state index in [-0.39, 0.29) is 23.9 Å². The molecule has 0 aliphatic carbocycles. The van der Waals surface area contributed by atoms with Crippen molar-refractivity contribution in [3.05, 3.63) is 23.8 Å². The van der Waals surface area contributed by atoms with Crippen LogP contribution in [0, 0.1) is 0 Å². The number of hydrogen-bond acceptors (Lipinski definition) is 4. The Morgan fingerprint density at radius 2 is 1.03 bits per heavy atom. The van der Waals surface area contributed by atoms with Gasteiger partial charge in [-0.1, -0.05) is 135 Å². The van der Waals surface area contributed by atoms with E-state index in [9.17, 15) is 15.0 Å². The Balaban J connectivity index is 1.76. The summed E-state index contributed by atoms with van der Waals surface area (Å²) in [7, 11) is 0. The van der Waals surface area contributed by atoms with Crippen molar-refractivity contribution in [2.75, 3.05) is 6.61 Å². The molecule has 0 aromatic heterocycles. The average Bonchev–Trinajstić information content (AvgIpc) is 2.82. The van der Waals surface area contributed by atoms with Gasteiger partial charge in [-0.3, -0.25) is 4.79 Å². The first-order valence-corrected chi connectivity index (χ1v) is 14.3. The molecule has 4 heteroatoms. The van der Waals surface area contributed by atoms with Gasteiger partial charge in [0.05, 0.1) is 13.0 Å². The number of hydrogen-bond donors (Lipinski definition) is 2. The van der Waals surface area contributed by atoms with Gasteiger partial charge in [0.2, 0.25) is 0 Å². The first-order valence-electron chi connectivity index (χ1n) is 14.3. The minimum Gasteiger partial charge on any atom is -0.504 e. The summed E-state index contributed by atoms with van der Waals surface area (Å²) in [4.78, 5) is 11.8. The summed E-state index contributed by atoms with van der Waals surface area (Å²) < 4.78 is 5.27. The molecule has 1 aromatic rings. The third-order valence-electron chi connectivity index (χ3n) is 6.65. The molecule has 0 saturated heterocycles. The number of carbonyl (C=O) groups is 1. The van der Waals surface area contributed by atoms with Crippen LogP contribution in [0.1, 0.15) is 141 Å². The Morgan fingerprint density at radius 1 is 0.618 bits per heavy atom. The van der Waals surface area contributed by atoms with Gasteiger partial charge in [-0.25, -0.2) is 0 Å². The predicted octanol–water partition coefficient (Wildman–Crippen LogP) is 9.01. The number of unbranched alkanes of at least 4 members (excludes halogenated alkanes) is 19. The second-order valence-corrected chi connectivity index (χ2v) is 9.94. The lowest BCUT2D eigenvalue weighted by Crippen LogP contribution is -2.09. The third kappa shape index (κ3) is 17.7. The second-order valence-electron chi connectivity index (χ2n) is 9.94. The first-order chi connectivity index (χ1) is 16.6. The number of rotatable bonds is 23. The van der Waals surface area contributed by atoms with Gasteiger partial charge in [0.1, 0.15) is 0 Å². The van der Waals surface area contributed by atoms with Crippen LogP contribution in [0.2, 0.25) is 0 Å². The molecule has 0 unspecified atom stereocenters. The Morgan fingerprint density at radius 3 is 1.44 bits per heavy atom. The Bertz CT molecular complexity index is 614. The SMILES string of the molecule is CCCCCCCCCCCCCCCCCCCCCCOC(=O)Cc1ccc(O)c(O)c1. The van der Waals surface area contributed by atoms with Gasteiger partial charge in [-0.05, 0) is 24.1 Å². The molecule has 0 radical (unpaired) electrons. The van der Waals surface area contributed by atoms with Crippen molar-refractivity contribution in [2.45, 2.75) is 142 Å². The molecule has 1 rings (SSSR count). The molecule has 4 nitrogen and oxygen atoms in total. The maximum absolute atomic E-state index is 11.8. The van der Waals surface area contributed by atoms with Crippen LogP contribution in [-0.4, -0.2) is 22.8 Å². The lowest BCUT2D eigenvalue weighted by Gasteiger charge is -2.06. The first kappa shape index (κ1) is 30.3. The zero-order valence-electron chi connectivity index (χ0n) is 22.0. The molecule has 196 valence electrons. The van der Waals surface area contributed by atoms with Crippen molar-refractivity contribution in [3.63, 3.8) is 0 Å². The van der Waals surface area contributed by atoms with Gasteiger partial charge in [-0.15, -0.1) is 0 Å². The molecule has 0 aliphatic heterocycles. The molecular weight excluding hydrogens is 424 g/mol. The molecule has 0 amide bonds. The van der Waals surface area contributed by atoms with Gasteiger partial charge in [0, 0.05) is 0 Å². The Labute approximate surface area is 209 Å². The van der Waals surface area contributed by atoms with Crippen LogP contribution in [0.5, 0.6) is 11.5 Å². The van der Waals surface area contributed by atoms with E-state index in [4.69, 9.17) is 4.74 Å². The number of aromatic hydroxyl groups is 2. The zero-order chi connectivity index (χ0) is 24.7. The van der Waals surface area contributed by atoms with Crippen LogP contribution >= 0.6 is 0 Å². The van der Waals surface area contributed by atoms with Crippen molar-refractivity contribution in [1.29, 1.82) is 0 Å². The summed E-state index contributed by atoms with van der Waals surface area (Å²) in [5, 5.41) is 18.8. The molecule has 1 aromatic carbocycles. The van der Waals surface area contributed by atoms with Crippen LogP contribution in [0.15, 0.2) is 18.2 Å². The molecular formula is C30H52O4. The van der Waals surface area contributed by atoms with E-state index in [2.05, 4.69) is 6.92 Å². The lowest BCUT2D eigenvalue weighted by atomic mass is 10.0. The average molecular weight is 477 g/mol. The van der Waals surface area contributed by atoms with Crippen LogP contribution in [0.4, 0.5) is 0 Å². The molecule has 0 heterocycles. The molecule has 0 spiro atoms. The zero-order valence-corrected chi connectivity index (χ0v) is 22.0. The summed E-state index contributed by atoms with van der Waals surface area (Å²) in [5.41, 5.74) is 0.642. The summed E-state index contributed by atoms with van der Waals surface area (Å²) in [6.45, 7) is 2.74. The number of esters is 1. The number of phenols is 2. The fourth-order valence-electron chi connectivity index (χ4n) is 4.44. The highest BCUT2D eigenvalue weighted by molar-refractivity contribution is 5.72. The maximum atomic E-state index is 11.8. The number of carbonyl (C=O) groups excluding carboxylic acids is 1. The summed E-state index contributed by atoms with van der Waals surface area (Å²) in [5.74, 6) is -0.677. The second kappa shape index (κ2) is 21.8. The van der Waals surface area contributed by atoms with E-state index >= 15 is 0 Å². The van der Waals surface area contributed by atoms with E-state index in [1.807, 2.05) is 0 Å². The minimum atomic E-state index is -0.289. The van der Waals surface area contributed by atoms with Crippen molar-refractivity contribution < 1.29 is 19.7 Å². The van der Waals surface area contributed by atoms with Gasteiger partial charge in [0.15, 0.2) is 11.5 Å². The van der Waals surface area contributed by atoms with E-state index in [1.54, 1.807) is 6.07 Å². The number of benzene rings is 1. The van der Waals surface area contributed by atoms with Crippen molar-refractivity contribution in [3.8, 4) is 11.5 Å². The van der Waals surface area contributed by atoms with E-state index < -0.39 is 0 Å². The van der Waals surface area contributed by atoms with Crippen LogP contribution in [-0.2, 0) is 16.0 Å². The number of phenolic OH excluding ortho intramolecular Hbond substituents is 2. The highest BCUT2D eigenvalue weighted by Gasteiger charge is 2.07. The maximum Gasteiger partial charge on any atom is 0.310 e. The lowest BCUT2D eigenvalue weighted by molar-refractivity contribution is -0.142. The van der Waals surface area contributed by atoms with Gasteiger partial charge in [-0.2, -0.15) is 0 Å². The quantitative estimate of drug-likeness (QED) is 0.0939. The summed E-state index contributed by atoms with van der Waals surface area (Å²) >= 11 is 0. The van der Waals surface area contributed by atoms with E-state index in [0.29, 0.717) is 12.2 Å². The largest absolute Gasteiger partial charge is 0.504 e. The summed E-state index contributed by atoms with van der Waals surface area (Å²) in [6, 6.07) is 4.40. The molecule has 2 N–H and O–H groups in total. The van der Waals surface area contributed by atoms with Crippen LogP contribution in [0.3, 0.4) is 0 Å². The van der Waals surface area contributed by atoms with Crippen LogP contribution in [0.25, 0.3) is 0 Å². The van der Waals surface area contributed by atoms with E-state index in [1.165, 1.54) is 128 Å². The topological polar surface area (TPSA) is 66.8 Å². The molecule has 0 saturated carbocycles. The van der Waals surface area contributed by atoms with Gasteiger partial charge >= 0.3 is 5.97 Å². The van der Waals surface area contributed by atoms with Gasteiger partial charge < -0.3 is 14.9 Å². The Hall–Kier alpha value is -1.71. The summed E-state index contributed by atoms with van der Waals surface area (Å²) in [6.07, 6.45) is 27.2. The predicted molar refractivity (Wildman–Crippen MR) is 142 cm³/mol. The fourth-order valence-corrected chi connectivity index (χ4v) is 4.44. The molecule has 0 bridgehead atoms. The number of ether oxygens (including phenoxy) is 1. The normalized spacial score (nSPS) is 11.1. The van der Waals surface area contributed by atoms with Crippen LogP contribution < -0.4 is 0 Å². The molecule has 34 heavy (non-hydrogen) atoms. The molecule has 0 atom stereocenters. The Kier molecular flexibility index (Phi) is 19.4. The van der Waals surface area contributed by atoms with Crippen molar-refractivity contribution >= 4 is 5.97 Å². The van der Waals surface area contributed by atoms with Crippen molar-refractivity contribution in [1.82, 2.24) is 0 Å². The highest BCUT2D eigenvalue weighted by Crippen LogP contribution is 2.25. The third-order valence-corrected chi connectivity index (χ3v) is 6.65. The fraction of sp³-hybridized carbons (Fsp3) is 0.767.